The molecule has 0 unspecified atom stereocenters. The van der Waals surface area contributed by atoms with Crippen LogP contribution in [-0.4, -0.2) is 22.7 Å². The molecular weight excluding hydrogens is 350 g/mol. The van der Waals surface area contributed by atoms with Gasteiger partial charge in [0, 0.05) is 24.1 Å². The van der Waals surface area contributed by atoms with Gasteiger partial charge in [0.05, 0.1) is 17.9 Å². The summed E-state index contributed by atoms with van der Waals surface area (Å²) in [5.41, 5.74) is 6.09. The van der Waals surface area contributed by atoms with Crippen molar-refractivity contribution in [2.75, 3.05) is 16.3 Å². The Morgan fingerprint density at radius 2 is 1.89 bits per heavy atom. The van der Waals surface area contributed by atoms with Crippen molar-refractivity contribution < 1.29 is 9.90 Å². The van der Waals surface area contributed by atoms with E-state index in [1.54, 1.807) is 0 Å². The van der Waals surface area contributed by atoms with Gasteiger partial charge >= 0.3 is 6.09 Å². The fraction of sp³-hybridized carbons (Fsp3) is 0.261. The second-order valence-electron chi connectivity index (χ2n) is 7.54. The highest BCUT2D eigenvalue weighted by molar-refractivity contribution is 5.95. The summed E-state index contributed by atoms with van der Waals surface area (Å²) in [4.78, 5) is 18.9. The molecule has 0 radical (unpaired) electrons. The molecule has 0 aliphatic carbocycles. The highest BCUT2D eigenvalue weighted by Gasteiger charge is 2.23. The first kappa shape index (κ1) is 18.2. The third-order valence-electron chi connectivity index (χ3n) is 5.35. The number of aromatic nitrogens is 1. The van der Waals surface area contributed by atoms with Crippen LogP contribution in [0.4, 0.5) is 21.9 Å². The van der Waals surface area contributed by atoms with Gasteiger partial charge < -0.3 is 15.0 Å². The Morgan fingerprint density at radius 1 is 1.14 bits per heavy atom. The number of hydrogen-bond acceptors (Lipinski definition) is 2. The van der Waals surface area contributed by atoms with Gasteiger partial charge in [0.1, 0.15) is 0 Å². The van der Waals surface area contributed by atoms with Crippen LogP contribution in [0, 0.1) is 0 Å². The maximum absolute atomic E-state index is 12.0. The van der Waals surface area contributed by atoms with Crippen molar-refractivity contribution in [3.63, 3.8) is 0 Å². The van der Waals surface area contributed by atoms with Crippen LogP contribution < -0.4 is 9.80 Å². The number of H-pyrrole nitrogens is 1. The molecule has 0 atom stereocenters. The number of rotatable bonds is 5. The Kier molecular flexibility index (Phi) is 4.82. The number of fused-ring (bicyclic) bond motifs is 1. The zero-order chi connectivity index (χ0) is 19.7. The van der Waals surface area contributed by atoms with E-state index in [4.69, 9.17) is 0 Å². The minimum Gasteiger partial charge on any atom is -0.464 e. The maximum atomic E-state index is 12.0. The maximum Gasteiger partial charge on any atom is 0.416 e. The molecule has 0 spiro atoms. The van der Waals surface area contributed by atoms with E-state index in [9.17, 15) is 9.90 Å². The Hall–Kier alpha value is -3.21. The fourth-order valence-corrected chi connectivity index (χ4v) is 3.81. The molecule has 3 aromatic rings. The van der Waals surface area contributed by atoms with E-state index < -0.39 is 6.09 Å². The number of nitrogens with zero attached hydrogens (tertiary/aromatic N) is 2. The monoisotopic (exact) mass is 375 g/mol. The lowest BCUT2D eigenvalue weighted by atomic mass is 10.0. The second-order valence-corrected chi connectivity index (χ2v) is 7.54. The van der Waals surface area contributed by atoms with Gasteiger partial charge in [-0.3, -0.25) is 0 Å². The normalized spacial score (nSPS) is 13.0. The van der Waals surface area contributed by atoms with Crippen molar-refractivity contribution >= 4 is 23.2 Å². The van der Waals surface area contributed by atoms with Crippen LogP contribution in [0.1, 0.15) is 36.6 Å². The molecule has 0 bridgehead atoms. The van der Waals surface area contributed by atoms with Crippen LogP contribution in [0.5, 0.6) is 0 Å². The molecule has 2 N–H and O–H groups in total. The molecule has 0 saturated heterocycles. The number of aromatic amines is 1. The van der Waals surface area contributed by atoms with Crippen molar-refractivity contribution in [3.05, 3.63) is 77.6 Å². The van der Waals surface area contributed by atoms with E-state index in [0.29, 0.717) is 17.3 Å². The van der Waals surface area contributed by atoms with Crippen molar-refractivity contribution in [2.24, 2.45) is 0 Å². The van der Waals surface area contributed by atoms with E-state index >= 15 is 0 Å². The van der Waals surface area contributed by atoms with Crippen molar-refractivity contribution in [1.29, 1.82) is 0 Å². The van der Waals surface area contributed by atoms with Gasteiger partial charge in [-0.2, -0.15) is 0 Å². The van der Waals surface area contributed by atoms with E-state index in [0.717, 1.165) is 19.5 Å². The fourth-order valence-electron chi connectivity index (χ4n) is 3.81. The Balaban J connectivity index is 1.61. The zero-order valence-electron chi connectivity index (χ0n) is 16.2. The lowest BCUT2D eigenvalue weighted by Crippen LogP contribution is -2.24. The Morgan fingerprint density at radius 3 is 2.54 bits per heavy atom. The van der Waals surface area contributed by atoms with Crippen LogP contribution in [0.2, 0.25) is 0 Å². The third-order valence-corrected chi connectivity index (χ3v) is 5.35. The minimum absolute atomic E-state index is 0.415. The quantitative estimate of drug-likeness (QED) is 0.617. The SMILES string of the molecule is CC(C)c1ccc(N(C(=O)O)c2ccc3c(c2)CCN3Cc2ccc[nH]2)cc1. The van der Waals surface area contributed by atoms with Gasteiger partial charge in [-0.15, -0.1) is 0 Å². The number of carbonyl (C=O) groups is 1. The summed E-state index contributed by atoms with van der Waals surface area (Å²) in [6, 6.07) is 17.8. The Labute approximate surface area is 165 Å². The lowest BCUT2D eigenvalue weighted by Gasteiger charge is -2.22. The summed E-state index contributed by atoms with van der Waals surface area (Å²) in [7, 11) is 0. The van der Waals surface area contributed by atoms with E-state index in [-0.39, 0.29) is 0 Å². The van der Waals surface area contributed by atoms with Crippen LogP contribution in [0.25, 0.3) is 0 Å². The zero-order valence-corrected chi connectivity index (χ0v) is 16.2. The van der Waals surface area contributed by atoms with E-state index in [1.165, 1.54) is 27.4 Å². The molecule has 2 aromatic carbocycles. The number of nitrogens with one attached hydrogen (secondary N) is 1. The summed E-state index contributed by atoms with van der Waals surface area (Å²) >= 11 is 0. The van der Waals surface area contributed by atoms with Gasteiger partial charge in [0.15, 0.2) is 0 Å². The molecule has 5 nitrogen and oxygen atoms in total. The van der Waals surface area contributed by atoms with Gasteiger partial charge in [-0.05, 0) is 65.9 Å². The molecule has 1 aliphatic heterocycles. The van der Waals surface area contributed by atoms with Gasteiger partial charge in [-0.1, -0.05) is 26.0 Å². The van der Waals surface area contributed by atoms with Gasteiger partial charge in [0.2, 0.25) is 0 Å². The van der Waals surface area contributed by atoms with Gasteiger partial charge in [0.25, 0.3) is 0 Å². The number of benzene rings is 2. The highest BCUT2D eigenvalue weighted by atomic mass is 16.4. The number of hydrogen-bond donors (Lipinski definition) is 2. The summed E-state index contributed by atoms with van der Waals surface area (Å²) in [5, 5.41) is 9.84. The minimum atomic E-state index is -0.974. The number of carboxylic acid groups (broad SMARTS) is 1. The summed E-state index contributed by atoms with van der Waals surface area (Å²) in [6.07, 6.45) is 1.88. The van der Waals surface area contributed by atoms with E-state index in [1.807, 2.05) is 54.7 Å². The first-order valence-electron chi connectivity index (χ1n) is 9.66. The molecule has 1 aliphatic rings. The predicted octanol–water partition coefficient (Wildman–Crippen LogP) is 5.52. The molecule has 2 heterocycles. The lowest BCUT2D eigenvalue weighted by molar-refractivity contribution is 0.205. The predicted molar refractivity (Wildman–Crippen MR) is 113 cm³/mol. The van der Waals surface area contributed by atoms with Crippen LogP contribution in [0.3, 0.4) is 0 Å². The summed E-state index contributed by atoms with van der Waals surface area (Å²) in [6.45, 7) is 6.03. The molecule has 4 rings (SSSR count). The Bertz CT molecular complexity index is 962. The smallest absolute Gasteiger partial charge is 0.416 e. The van der Waals surface area contributed by atoms with Crippen molar-refractivity contribution in [3.8, 4) is 0 Å². The van der Waals surface area contributed by atoms with Crippen molar-refractivity contribution in [2.45, 2.75) is 32.7 Å². The van der Waals surface area contributed by atoms with Crippen LogP contribution >= 0.6 is 0 Å². The summed E-state index contributed by atoms with van der Waals surface area (Å²) < 4.78 is 0. The molecule has 28 heavy (non-hydrogen) atoms. The summed E-state index contributed by atoms with van der Waals surface area (Å²) in [5.74, 6) is 0.415. The van der Waals surface area contributed by atoms with Crippen LogP contribution in [-0.2, 0) is 13.0 Å². The standard InChI is InChI=1S/C23H25N3O2/c1-16(2)17-5-7-20(8-6-17)26(23(27)28)21-9-10-22-18(14-21)11-13-25(22)15-19-4-3-12-24-19/h3-10,12,14,16,24H,11,13,15H2,1-2H3,(H,27,28). The third kappa shape index (κ3) is 3.48. The molecule has 5 heteroatoms. The first-order chi connectivity index (χ1) is 13.5. The topological polar surface area (TPSA) is 59.6 Å². The molecule has 1 aromatic heterocycles. The second kappa shape index (κ2) is 7.43. The van der Waals surface area contributed by atoms with Crippen LogP contribution in [0.15, 0.2) is 60.8 Å². The largest absolute Gasteiger partial charge is 0.464 e. The average molecular weight is 375 g/mol. The molecule has 144 valence electrons. The first-order valence-corrected chi connectivity index (χ1v) is 9.66. The van der Waals surface area contributed by atoms with Gasteiger partial charge in [-0.25, -0.2) is 9.69 Å². The van der Waals surface area contributed by atoms with E-state index in [2.05, 4.69) is 29.8 Å². The molecular formula is C23H25N3O2. The molecule has 0 fully saturated rings. The average Bonchev–Trinajstić information content (AvgIpc) is 3.32. The number of anilines is 3. The molecule has 1 amide bonds. The van der Waals surface area contributed by atoms with Crippen molar-refractivity contribution in [1.82, 2.24) is 4.98 Å². The highest BCUT2D eigenvalue weighted by Crippen LogP contribution is 2.35. The number of amides is 1. The molecule has 0 saturated carbocycles.